The number of ether oxygens (including phenoxy) is 1. The summed E-state index contributed by atoms with van der Waals surface area (Å²) < 4.78 is 5.03. The van der Waals surface area contributed by atoms with Gasteiger partial charge in [0.2, 0.25) is 0 Å². The molecule has 2 aromatic carbocycles. The molecule has 0 amide bonds. The first-order valence-electron chi connectivity index (χ1n) is 6.71. The van der Waals surface area contributed by atoms with Gasteiger partial charge in [-0.05, 0) is 47.9 Å². The summed E-state index contributed by atoms with van der Waals surface area (Å²) in [7, 11) is 2.07. The predicted octanol–water partition coefficient (Wildman–Crippen LogP) is 3.32. The van der Waals surface area contributed by atoms with Crippen LogP contribution >= 0.6 is 11.6 Å². The maximum absolute atomic E-state index is 11.8. The van der Waals surface area contributed by atoms with Gasteiger partial charge in [-0.3, -0.25) is 0 Å². The van der Waals surface area contributed by atoms with Gasteiger partial charge in [0.25, 0.3) is 0 Å². The molecule has 0 saturated heterocycles. The van der Waals surface area contributed by atoms with E-state index >= 15 is 0 Å². The molecule has 0 spiro atoms. The molecule has 0 aliphatic rings. The number of esters is 1. The number of benzene rings is 2. The van der Waals surface area contributed by atoms with Crippen molar-refractivity contribution in [3.8, 4) is 11.1 Å². The smallest absolute Gasteiger partial charge is 0.338 e. The monoisotopic (exact) mass is 286 g/mol. The van der Waals surface area contributed by atoms with Gasteiger partial charge in [0.15, 0.2) is 0 Å². The van der Waals surface area contributed by atoms with E-state index in [2.05, 4.69) is 7.85 Å². The fourth-order valence-corrected chi connectivity index (χ4v) is 2.36. The second-order valence-electron chi connectivity index (χ2n) is 4.46. The highest BCUT2D eigenvalue weighted by molar-refractivity contribution is 6.30. The first kappa shape index (κ1) is 14.7. The third-order valence-corrected chi connectivity index (χ3v) is 3.37. The summed E-state index contributed by atoms with van der Waals surface area (Å²) in [5.41, 5.74) is 3.86. The topological polar surface area (TPSA) is 26.3 Å². The Bertz CT molecular complexity index is 626. The standard InChI is InChI=1S/C16H16BClO2/c1-2-20-16(19)12-6-7-15(13(8-12)10-17)11-4-3-5-14(18)9-11/h3-9H,2,10,17H2,1H3. The van der Waals surface area contributed by atoms with Crippen LogP contribution in [0.2, 0.25) is 5.02 Å². The average molecular weight is 287 g/mol. The maximum Gasteiger partial charge on any atom is 0.338 e. The third kappa shape index (κ3) is 3.23. The molecule has 0 atom stereocenters. The molecule has 0 aliphatic carbocycles. The zero-order valence-corrected chi connectivity index (χ0v) is 12.4. The molecule has 0 heterocycles. The van der Waals surface area contributed by atoms with Crippen molar-refractivity contribution in [2.24, 2.45) is 0 Å². The van der Waals surface area contributed by atoms with E-state index in [1.54, 1.807) is 13.0 Å². The molecule has 0 N–H and O–H groups in total. The fraction of sp³-hybridized carbons (Fsp3) is 0.188. The van der Waals surface area contributed by atoms with Crippen molar-refractivity contribution in [3.05, 3.63) is 58.6 Å². The predicted molar refractivity (Wildman–Crippen MR) is 85.1 cm³/mol. The van der Waals surface area contributed by atoms with Crippen molar-refractivity contribution >= 4 is 25.4 Å². The van der Waals surface area contributed by atoms with Gasteiger partial charge in [-0.1, -0.05) is 36.1 Å². The maximum atomic E-state index is 11.8. The van der Waals surface area contributed by atoms with Crippen LogP contribution in [0.25, 0.3) is 11.1 Å². The Morgan fingerprint density at radius 2 is 2.05 bits per heavy atom. The van der Waals surface area contributed by atoms with Crippen LogP contribution in [0.3, 0.4) is 0 Å². The highest BCUT2D eigenvalue weighted by atomic mass is 35.5. The van der Waals surface area contributed by atoms with Crippen molar-refractivity contribution in [2.45, 2.75) is 13.2 Å². The molecule has 0 bridgehead atoms. The van der Waals surface area contributed by atoms with Crippen LogP contribution in [0.5, 0.6) is 0 Å². The first-order valence-corrected chi connectivity index (χ1v) is 7.09. The Labute approximate surface area is 125 Å². The van der Waals surface area contributed by atoms with Crippen molar-refractivity contribution in [1.82, 2.24) is 0 Å². The van der Waals surface area contributed by atoms with Crippen molar-refractivity contribution in [3.63, 3.8) is 0 Å². The number of rotatable bonds is 4. The van der Waals surface area contributed by atoms with Gasteiger partial charge < -0.3 is 4.74 Å². The Morgan fingerprint density at radius 1 is 1.25 bits per heavy atom. The number of hydrogen-bond donors (Lipinski definition) is 0. The van der Waals surface area contributed by atoms with Crippen LogP contribution < -0.4 is 0 Å². The van der Waals surface area contributed by atoms with Gasteiger partial charge in [0.1, 0.15) is 7.85 Å². The number of carbonyl (C=O) groups excluding carboxylic acids is 1. The Balaban J connectivity index is 2.43. The number of halogens is 1. The quantitative estimate of drug-likeness (QED) is 0.637. The summed E-state index contributed by atoms with van der Waals surface area (Å²) in [6.45, 7) is 2.19. The molecular weight excluding hydrogens is 270 g/mol. The van der Waals surface area contributed by atoms with Crippen LogP contribution in [0.4, 0.5) is 0 Å². The third-order valence-electron chi connectivity index (χ3n) is 3.13. The summed E-state index contributed by atoms with van der Waals surface area (Å²) >= 11 is 6.04. The van der Waals surface area contributed by atoms with Crippen molar-refractivity contribution in [1.29, 1.82) is 0 Å². The zero-order valence-electron chi connectivity index (χ0n) is 11.7. The normalized spacial score (nSPS) is 10.3. The lowest BCUT2D eigenvalue weighted by atomic mass is 9.88. The van der Waals surface area contributed by atoms with Gasteiger partial charge >= 0.3 is 5.97 Å². The van der Waals surface area contributed by atoms with Gasteiger partial charge in [0, 0.05) is 5.02 Å². The van der Waals surface area contributed by atoms with Crippen molar-refractivity contribution < 1.29 is 9.53 Å². The van der Waals surface area contributed by atoms with Gasteiger partial charge in [-0.25, -0.2) is 4.79 Å². The molecule has 4 heteroatoms. The molecule has 0 unspecified atom stereocenters. The van der Waals surface area contributed by atoms with Gasteiger partial charge in [-0.15, -0.1) is 0 Å². The minimum Gasteiger partial charge on any atom is -0.462 e. The summed E-state index contributed by atoms with van der Waals surface area (Å²) in [6, 6.07) is 13.4. The molecule has 102 valence electrons. The van der Waals surface area contributed by atoms with Crippen LogP contribution in [-0.2, 0) is 11.1 Å². The molecule has 0 aliphatic heterocycles. The lowest BCUT2D eigenvalue weighted by molar-refractivity contribution is 0.0526. The fourth-order valence-electron chi connectivity index (χ4n) is 2.17. The van der Waals surface area contributed by atoms with E-state index in [9.17, 15) is 4.79 Å². The molecule has 0 fully saturated rings. The number of carbonyl (C=O) groups is 1. The molecule has 0 saturated carbocycles. The van der Waals surface area contributed by atoms with Crippen LogP contribution in [-0.4, -0.2) is 20.4 Å². The summed E-state index contributed by atoms with van der Waals surface area (Å²) in [6.07, 6.45) is 0.842. The average Bonchev–Trinajstić information content (AvgIpc) is 2.46. The second-order valence-corrected chi connectivity index (χ2v) is 4.89. The van der Waals surface area contributed by atoms with E-state index in [1.165, 1.54) is 0 Å². The molecule has 2 rings (SSSR count). The Hall–Kier alpha value is -1.74. The zero-order chi connectivity index (χ0) is 14.5. The van der Waals surface area contributed by atoms with Crippen LogP contribution in [0, 0.1) is 0 Å². The highest BCUT2D eigenvalue weighted by Gasteiger charge is 2.11. The molecule has 2 aromatic rings. The first-order chi connectivity index (χ1) is 9.65. The molecule has 0 aromatic heterocycles. The Kier molecular flexibility index (Phi) is 4.86. The summed E-state index contributed by atoms with van der Waals surface area (Å²) in [4.78, 5) is 11.8. The van der Waals surface area contributed by atoms with Crippen molar-refractivity contribution in [2.75, 3.05) is 6.61 Å². The molecule has 0 radical (unpaired) electrons. The summed E-state index contributed by atoms with van der Waals surface area (Å²) in [5.74, 6) is -0.278. The lowest BCUT2D eigenvalue weighted by Crippen LogP contribution is -2.05. The number of hydrogen-bond acceptors (Lipinski definition) is 2. The van der Waals surface area contributed by atoms with Crippen LogP contribution in [0.1, 0.15) is 22.8 Å². The summed E-state index contributed by atoms with van der Waals surface area (Å²) in [5, 5.41) is 0.707. The van der Waals surface area contributed by atoms with E-state index < -0.39 is 0 Å². The minimum absolute atomic E-state index is 0.278. The highest BCUT2D eigenvalue weighted by Crippen LogP contribution is 2.27. The molecule has 2 nitrogen and oxygen atoms in total. The van der Waals surface area contributed by atoms with Gasteiger partial charge in [-0.2, -0.15) is 0 Å². The van der Waals surface area contributed by atoms with E-state index in [4.69, 9.17) is 16.3 Å². The van der Waals surface area contributed by atoms with E-state index in [0.717, 1.165) is 23.0 Å². The molecular formula is C16H16BClO2. The minimum atomic E-state index is -0.278. The van der Waals surface area contributed by atoms with Gasteiger partial charge in [0.05, 0.1) is 12.2 Å². The lowest BCUT2D eigenvalue weighted by Gasteiger charge is -2.11. The van der Waals surface area contributed by atoms with Crippen LogP contribution in [0.15, 0.2) is 42.5 Å². The van der Waals surface area contributed by atoms with E-state index in [1.807, 2.05) is 36.4 Å². The Morgan fingerprint density at radius 3 is 2.70 bits per heavy atom. The molecule has 20 heavy (non-hydrogen) atoms. The second kappa shape index (κ2) is 6.62. The SMILES string of the molecule is BCc1cc(C(=O)OCC)ccc1-c1cccc(Cl)c1. The van der Waals surface area contributed by atoms with E-state index in [-0.39, 0.29) is 5.97 Å². The van der Waals surface area contributed by atoms with E-state index in [0.29, 0.717) is 17.2 Å². The largest absolute Gasteiger partial charge is 0.462 e.